The van der Waals surface area contributed by atoms with E-state index in [1.54, 1.807) is 16.7 Å². The molecular weight excluding hydrogens is 358 g/mol. The summed E-state index contributed by atoms with van der Waals surface area (Å²) in [6.07, 6.45) is 1.87. The summed E-state index contributed by atoms with van der Waals surface area (Å²) < 4.78 is -0.379. The molecule has 3 aromatic rings. The molecule has 0 saturated carbocycles. The molecule has 1 saturated heterocycles. The molecule has 2 aliphatic heterocycles. The van der Waals surface area contributed by atoms with Crippen LogP contribution in [0.5, 0.6) is 0 Å². The third-order valence-corrected chi connectivity index (χ3v) is 6.90. The lowest BCUT2D eigenvalue weighted by molar-refractivity contribution is -0.121. The molecule has 0 aliphatic carbocycles. The molecule has 5 nitrogen and oxygen atoms in total. The van der Waals surface area contributed by atoms with Gasteiger partial charge in [0, 0.05) is 33.1 Å². The van der Waals surface area contributed by atoms with Gasteiger partial charge in [0.2, 0.25) is 5.91 Å². The number of hydrogen-bond acceptors (Lipinski definition) is 3. The van der Waals surface area contributed by atoms with Gasteiger partial charge >= 0.3 is 0 Å². The van der Waals surface area contributed by atoms with Crippen LogP contribution in [0, 0.1) is 0 Å². The molecule has 0 bridgehead atoms. The van der Waals surface area contributed by atoms with Gasteiger partial charge in [-0.3, -0.25) is 9.59 Å². The van der Waals surface area contributed by atoms with Crippen LogP contribution in [0.15, 0.2) is 54.7 Å². The minimum absolute atomic E-state index is 0.0603. The van der Waals surface area contributed by atoms with Gasteiger partial charge in [-0.1, -0.05) is 18.2 Å². The van der Waals surface area contributed by atoms with E-state index in [2.05, 4.69) is 10.3 Å². The van der Waals surface area contributed by atoms with Crippen molar-refractivity contribution in [2.75, 3.05) is 5.32 Å². The number of aromatic nitrogens is 1. The molecule has 136 valence electrons. The second kappa shape index (κ2) is 5.63. The quantitative estimate of drug-likeness (QED) is 0.705. The monoisotopic (exact) mass is 377 g/mol. The maximum atomic E-state index is 13.2. The van der Waals surface area contributed by atoms with Gasteiger partial charge in [-0.05, 0) is 49.7 Å². The summed E-state index contributed by atoms with van der Waals surface area (Å²) in [6.45, 7) is 4.07. The van der Waals surface area contributed by atoms with E-state index in [0.717, 1.165) is 22.2 Å². The number of carbonyl (C=O) groups excluding carboxylic acids is 2. The van der Waals surface area contributed by atoms with Crippen molar-refractivity contribution in [3.8, 4) is 0 Å². The molecular formula is C21H19N3O2S. The standard InChI is InChI=1S/C21H19N3O2S/c1-21(2)17(18(25)23-13-7-8-16-12(11-13)9-10-22-16)24-19(26)14-5-3-4-6-15(14)20(24)27-21/h3-11,17,20,22H,1-2H3,(H,23,25)/t17-,20?/m1/s1. The fourth-order valence-corrected chi connectivity index (χ4v) is 5.73. The van der Waals surface area contributed by atoms with Gasteiger partial charge in [0.1, 0.15) is 11.4 Å². The van der Waals surface area contributed by atoms with Crippen LogP contribution in [0.1, 0.15) is 35.1 Å². The topological polar surface area (TPSA) is 65.2 Å². The van der Waals surface area contributed by atoms with Crippen molar-refractivity contribution < 1.29 is 9.59 Å². The number of benzene rings is 2. The van der Waals surface area contributed by atoms with Gasteiger partial charge in [-0.15, -0.1) is 11.8 Å². The molecule has 2 atom stereocenters. The van der Waals surface area contributed by atoms with E-state index in [1.807, 2.05) is 68.6 Å². The molecule has 2 amide bonds. The second-order valence-corrected chi connectivity index (χ2v) is 9.28. The molecule has 2 aliphatic rings. The van der Waals surface area contributed by atoms with Gasteiger partial charge in [0.25, 0.3) is 5.91 Å². The first kappa shape index (κ1) is 16.4. The Morgan fingerprint density at radius 2 is 2.00 bits per heavy atom. The number of hydrogen-bond donors (Lipinski definition) is 2. The predicted octanol–water partition coefficient (Wildman–Crippen LogP) is 4.16. The van der Waals surface area contributed by atoms with Crippen LogP contribution in [0.2, 0.25) is 0 Å². The summed E-state index contributed by atoms with van der Waals surface area (Å²) in [5.74, 6) is -0.207. The summed E-state index contributed by atoms with van der Waals surface area (Å²) in [7, 11) is 0. The largest absolute Gasteiger partial charge is 0.361 e. The smallest absolute Gasteiger partial charge is 0.256 e. The van der Waals surface area contributed by atoms with Gasteiger partial charge in [0.05, 0.1) is 0 Å². The number of thioether (sulfide) groups is 1. The maximum Gasteiger partial charge on any atom is 0.256 e. The lowest BCUT2D eigenvalue weighted by atomic mass is 10.0. The van der Waals surface area contributed by atoms with Gasteiger partial charge in [0.15, 0.2) is 0 Å². The number of nitrogens with one attached hydrogen (secondary N) is 2. The van der Waals surface area contributed by atoms with Crippen LogP contribution in [0.4, 0.5) is 5.69 Å². The van der Waals surface area contributed by atoms with Crippen molar-refractivity contribution >= 4 is 40.2 Å². The maximum absolute atomic E-state index is 13.2. The molecule has 3 heterocycles. The molecule has 2 N–H and O–H groups in total. The highest BCUT2D eigenvalue weighted by Crippen LogP contribution is 2.56. The Morgan fingerprint density at radius 1 is 1.19 bits per heavy atom. The molecule has 0 radical (unpaired) electrons. The normalized spacial score (nSPS) is 22.7. The number of rotatable bonds is 2. The van der Waals surface area contributed by atoms with E-state index in [1.165, 1.54) is 0 Å². The van der Waals surface area contributed by atoms with Crippen LogP contribution in [0.25, 0.3) is 10.9 Å². The van der Waals surface area contributed by atoms with Crippen molar-refractivity contribution in [3.05, 3.63) is 65.9 Å². The summed E-state index contributed by atoms with van der Waals surface area (Å²) in [5.41, 5.74) is 3.47. The van der Waals surface area contributed by atoms with E-state index in [-0.39, 0.29) is 21.9 Å². The molecule has 2 aromatic carbocycles. The highest BCUT2D eigenvalue weighted by atomic mass is 32.2. The van der Waals surface area contributed by atoms with Gasteiger partial charge in [-0.25, -0.2) is 0 Å². The third kappa shape index (κ3) is 2.40. The summed E-state index contributed by atoms with van der Waals surface area (Å²) >= 11 is 1.68. The zero-order valence-corrected chi connectivity index (χ0v) is 15.8. The summed E-state index contributed by atoms with van der Waals surface area (Å²) in [4.78, 5) is 31.1. The minimum Gasteiger partial charge on any atom is -0.361 e. The van der Waals surface area contributed by atoms with Crippen LogP contribution in [0.3, 0.4) is 0 Å². The van der Waals surface area contributed by atoms with Crippen LogP contribution in [-0.4, -0.2) is 32.5 Å². The lowest BCUT2D eigenvalue weighted by Crippen LogP contribution is -2.50. The third-order valence-electron chi connectivity index (χ3n) is 5.37. The highest BCUT2D eigenvalue weighted by Gasteiger charge is 2.57. The number of amides is 2. The van der Waals surface area contributed by atoms with Crippen molar-refractivity contribution in [1.82, 2.24) is 9.88 Å². The fourth-order valence-electron chi connectivity index (χ4n) is 4.15. The first-order valence-corrected chi connectivity index (χ1v) is 9.81. The number of H-pyrrole nitrogens is 1. The average Bonchev–Trinajstić information content (AvgIpc) is 3.28. The SMILES string of the molecule is CC1(C)SC2c3ccccc3C(=O)N2[C@@H]1C(=O)Nc1ccc2[nH]ccc2c1. The van der Waals surface area contributed by atoms with Crippen LogP contribution < -0.4 is 5.32 Å². The molecule has 1 fully saturated rings. The van der Waals surface area contributed by atoms with E-state index in [9.17, 15) is 9.59 Å². The Balaban J connectivity index is 1.48. The Hall–Kier alpha value is -2.73. The lowest BCUT2D eigenvalue weighted by Gasteiger charge is -2.29. The molecule has 27 heavy (non-hydrogen) atoms. The highest BCUT2D eigenvalue weighted by molar-refractivity contribution is 8.01. The Labute approximate surface area is 161 Å². The van der Waals surface area contributed by atoms with Gasteiger partial charge in [-0.2, -0.15) is 0 Å². The van der Waals surface area contributed by atoms with Crippen LogP contribution >= 0.6 is 11.8 Å². The second-order valence-electron chi connectivity index (χ2n) is 7.54. The molecule has 5 rings (SSSR count). The zero-order chi connectivity index (χ0) is 18.8. The molecule has 6 heteroatoms. The Morgan fingerprint density at radius 3 is 2.85 bits per heavy atom. The zero-order valence-electron chi connectivity index (χ0n) is 15.0. The molecule has 0 spiro atoms. The predicted molar refractivity (Wildman–Crippen MR) is 108 cm³/mol. The van der Waals surface area contributed by atoms with Crippen molar-refractivity contribution in [1.29, 1.82) is 0 Å². The van der Waals surface area contributed by atoms with Crippen LogP contribution in [-0.2, 0) is 4.79 Å². The number of fused-ring (bicyclic) bond motifs is 4. The van der Waals surface area contributed by atoms with Crippen molar-refractivity contribution in [2.45, 2.75) is 30.0 Å². The number of aromatic amines is 1. The van der Waals surface area contributed by atoms with Crippen molar-refractivity contribution in [2.24, 2.45) is 0 Å². The molecule has 1 aromatic heterocycles. The summed E-state index contributed by atoms with van der Waals surface area (Å²) in [6, 6.07) is 14.9. The molecule has 1 unspecified atom stereocenters. The van der Waals surface area contributed by atoms with E-state index >= 15 is 0 Å². The van der Waals surface area contributed by atoms with Gasteiger partial charge < -0.3 is 15.2 Å². The van der Waals surface area contributed by atoms with E-state index < -0.39 is 6.04 Å². The first-order chi connectivity index (χ1) is 13.0. The Kier molecular flexibility index (Phi) is 3.43. The number of nitrogens with zero attached hydrogens (tertiary/aromatic N) is 1. The first-order valence-electron chi connectivity index (χ1n) is 8.93. The van der Waals surface area contributed by atoms with Crippen molar-refractivity contribution in [3.63, 3.8) is 0 Å². The fraction of sp³-hybridized carbons (Fsp3) is 0.238. The van der Waals surface area contributed by atoms with E-state index in [4.69, 9.17) is 0 Å². The Bertz CT molecular complexity index is 1090. The number of anilines is 1. The summed E-state index contributed by atoms with van der Waals surface area (Å²) in [5, 5.41) is 3.95. The average molecular weight is 377 g/mol. The minimum atomic E-state index is -0.533. The van der Waals surface area contributed by atoms with E-state index in [0.29, 0.717) is 5.56 Å². The number of carbonyl (C=O) groups is 2.